The van der Waals surface area contributed by atoms with Crippen molar-refractivity contribution in [3.05, 3.63) is 12.2 Å². The minimum absolute atomic E-state index is 0.0821. The topological polar surface area (TPSA) is 95.9 Å². The lowest BCUT2D eigenvalue weighted by Crippen LogP contribution is -2.46. The molecule has 0 aromatic carbocycles. The zero-order chi connectivity index (χ0) is 45.9. The summed E-state index contributed by atoms with van der Waals surface area (Å²) in [7, 11) is 0. The van der Waals surface area contributed by atoms with E-state index in [0.29, 0.717) is 19.3 Å². The van der Waals surface area contributed by atoms with Gasteiger partial charge < -0.3 is 20.3 Å². The monoisotopic (exact) mass is 890 g/mol. The second kappa shape index (κ2) is 51.6. The first-order chi connectivity index (χ1) is 31.0. The van der Waals surface area contributed by atoms with E-state index in [1.165, 1.54) is 218 Å². The molecule has 0 aromatic heterocycles. The molecule has 0 saturated carbocycles. The Morgan fingerprint density at radius 3 is 1.13 bits per heavy atom. The molecule has 0 fully saturated rings. The largest absolute Gasteiger partial charge is 0.462 e. The van der Waals surface area contributed by atoms with Crippen molar-refractivity contribution >= 4 is 11.9 Å². The van der Waals surface area contributed by atoms with Crippen LogP contribution >= 0.6 is 0 Å². The van der Waals surface area contributed by atoms with Crippen LogP contribution in [0.5, 0.6) is 0 Å². The number of rotatable bonds is 52. The van der Waals surface area contributed by atoms with Gasteiger partial charge in [0.25, 0.3) is 0 Å². The maximum absolute atomic E-state index is 13.2. The number of hydrogen-bond acceptors (Lipinski definition) is 5. The first-order valence-electron chi connectivity index (χ1n) is 28.4. The summed E-state index contributed by atoms with van der Waals surface area (Å²) < 4.78 is 5.96. The lowest BCUT2D eigenvalue weighted by atomic mass is 10.0. The van der Waals surface area contributed by atoms with Crippen LogP contribution in [0.25, 0.3) is 0 Å². The van der Waals surface area contributed by atoms with Crippen LogP contribution in [0.4, 0.5) is 0 Å². The van der Waals surface area contributed by atoms with Crippen molar-refractivity contribution in [1.29, 1.82) is 0 Å². The first-order valence-corrected chi connectivity index (χ1v) is 28.4. The third kappa shape index (κ3) is 46.9. The van der Waals surface area contributed by atoms with Crippen LogP contribution in [-0.4, -0.2) is 46.9 Å². The second-order valence-corrected chi connectivity index (χ2v) is 19.7. The van der Waals surface area contributed by atoms with Gasteiger partial charge in [0.2, 0.25) is 5.91 Å². The summed E-state index contributed by atoms with van der Waals surface area (Å²) in [5, 5.41) is 23.8. The number of nitrogens with one attached hydrogen (secondary N) is 1. The van der Waals surface area contributed by atoms with E-state index >= 15 is 0 Å². The molecule has 63 heavy (non-hydrogen) atoms. The number of aliphatic hydroxyl groups excluding tert-OH is 2. The van der Waals surface area contributed by atoms with Gasteiger partial charge in [-0.3, -0.25) is 9.59 Å². The Kier molecular flexibility index (Phi) is 50.4. The second-order valence-electron chi connectivity index (χ2n) is 19.7. The van der Waals surface area contributed by atoms with Crippen LogP contribution < -0.4 is 5.32 Å². The van der Waals surface area contributed by atoms with Gasteiger partial charge >= 0.3 is 5.97 Å². The summed E-state index contributed by atoms with van der Waals surface area (Å²) in [6.45, 7) is 6.52. The molecule has 0 aromatic rings. The minimum atomic E-state index is -0.783. The fourth-order valence-corrected chi connectivity index (χ4v) is 9.02. The molecule has 6 heteroatoms. The van der Waals surface area contributed by atoms with Gasteiger partial charge in [-0.25, -0.2) is 0 Å². The van der Waals surface area contributed by atoms with E-state index in [0.717, 1.165) is 51.4 Å². The summed E-state index contributed by atoms with van der Waals surface area (Å²) >= 11 is 0. The zero-order valence-corrected chi connectivity index (χ0v) is 42.7. The van der Waals surface area contributed by atoms with E-state index in [1.807, 2.05) is 0 Å². The van der Waals surface area contributed by atoms with Crippen LogP contribution in [0.1, 0.15) is 316 Å². The van der Waals surface area contributed by atoms with Gasteiger partial charge in [0.1, 0.15) is 6.10 Å². The molecule has 3 N–H and O–H groups in total. The van der Waals surface area contributed by atoms with Gasteiger partial charge in [-0.1, -0.05) is 264 Å². The van der Waals surface area contributed by atoms with E-state index < -0.39 is 18.2 Å². The molecule has 0 aliphatic heterocycles. The number of unbranched alkanes of at least 4 members (excludes halogenated alkanes) is 38. The highest BCUT2D eigenvalue weighted by Gasteiger charge is 2.24. The number of amides is 1. The summed E-state index contributed by atoms with van der Waals surface area (Å²) in [6.07, 6.45) is 58.4. The molecule has 6 nitrogen and oxygen atoms in total. The molecule has 0 radical (unpaired) electrons. The van der Waals surface area contributed by atoms with E-state index in [2.05, 4.69) is 38.2 Å². The maximum Gasteiger partial charge on any atom is 0.306 e. The van der Waals surface area contributed by atoms with Gasteiger partial charge in [0.05, 0.1) is 25.2 Å². The standard InChI is InChI=1S/C57H111NO5/c1-4-7-10-13-16-19-22-25-27-29-31-33-36-39-42-45-48-53(63-57(62)50-47-44-41-38-35-32-30-28-26-23-20-17-14-11-8-5-2)51-56(61)58-54(52-59)55(60)49-46-43-40-37-34-24-21-18-15-12-9-6-3/h28,30,53-55,59-60H,4-27,29,31-52H2,1-3H3,(H,58,61)/b30-28+. The van der Waals surface area contributed by atoms with E-state index in [4.69, 9.17) is 4.74 Å². The molecule has 0 saturated heterocycles. The number of carbonyl (C=O) groups excluding carboxylic acids is 2. The molecule has 374 valence electrons. The van der Waals surface area contributed by atoms with Gasteiger partial charge in [-0.15, -0.1) is 0 Å². The van der Waals surface area contributed by atoms with Gasteiger partial charge in [-0.2, -0.15) is 0 Å². The van der Waals surface area contributed by atoms with E-state index in [9.17, 15) is 19.8 Å². The number of ether oxygens (including phenoxy) is 1. The fraction of sp³-hybridized carbons (Fsp3) is 0.930. The third-order valence-corrected chi connectivity index (χ3v) is 13.3. The Hall–Kier alpha value is -1.40. The van der Waals surface area contributed by atoms with Gasteiger partial charge in [0, 0.05) is 6.42 Å². The Morgan fingerprint density at radius 1 is 0.444 bits per heavy atom. The molecule has 0 spiro atoms. The zero-order valence-electron chi connectivity index (χ0n) is 42.7. The highest BCUT2D eigenvalue weighted by atomic mass is 16.5. The van der Waals surface area contributed by atoms with Crippen molar-refractivity contribution in [2.24, 2.45) is 0 Å². The normalized spacial score (nSPS) is 13.2. The van der Waals surface area contributed by atoms with Crippen molar-refractivity contribution in [2.45, 2.75) is 334 Å². The molecule has 0 bridgehead atoms. The number of carbonyl (C=O) groups is 2. The SMILES string of the molecule is CCCCCCCCC/C=C/CCCCCCCC(=O)OC(CCCCCCCCCCCCCCCCCC)CC(=O)NC(CO)C(O)CCCCCCCCCCCCCC. The number of hydrogen-bond donors (Lipinski definition) is 3. The molecule has 0 rings (SSSR count). The lowest BCUT2D eigenvalue weighted by molar-refractivity contribution is -0.151. The van der Waals surface area contributed by atoms with Crippen molar-refractivity contribution in [1.82, 2.24) is 5.32 Å². The molecular weight excluding hydrogens is 779 g/mol. The quantitative estimate of drug-likeness (QED) is 0.0321. The van der Waals surface area contributed by atoms with Gasteiger partial charge in [-0.05, 0) is 51.4 Å². The number of esters is 1. The summed E-state index contributed by atoms with van der Waals surface area (Å²) in [4.78, 5) is 26.2. The minimum Gasteiger partial charge on any atom is -0.462 e. The Labute approximate surface area is 393 Å². The fourth-order valence-electron chi connectivity index (χ4n) is 9.02. The summed E-state index contributed by atoms with van der Waals surface area (Å²) in [5.41, 5.74) is 0. The van der Waals surface area contributed by atoms with Crippen molar-refractivity contribution in [3.8, 4) is 0 Å². The first kappa shape index (κ1) is 61.6. The van der Waals surface area contributed by atoms with Crippen LogP contribution in [0.2, 0.25) is 0 Å². The molecule has 0 heterocycles. The van der Waals surface area contributed by atoms with Crippen LogP contribution in [0, 0.1) is 0 Å². The molecule has 3 atom stereocenters. The smallest absolute Gasteiger partial charge is 0.306 e. The number of allylic oxidation sites excluding steroid dienone is 2. The van der Waals surface area contributed by atoms with E-state index in [-0.39, 0.29) is 24.9 Å². The Morgan fingerprint density at radius 2 is 0.762 bits per heavy atom. The molecule has 0 aliphatic rings. The Bertz CT molecular complexity index is 955. The van der Waals surface area contributed by atoms with E-state index in [1.54, 1.807) is 0 Å². The van der Waals surface area contributed by atoms with Gasteiger partial charge in [0.15, 0.2) is 0 Å². The maximum atomic E-state index is 13.2. The predicted molar refractivity (Wildman–Crippen MR) is 273 cm³/mol. The summed E-state index contributed by atoms with van der Waals surface area (Å²) in [6, 6.07) is -0.697. The molecule has 0 aliphatic carbocycles. The molecule has 1 amide bonds. The molecular formula is C57H111NO5. The van der Waals surface area contributed by atoms with Crippen LogP contribution in [-0.2, 0) is 14.3 Å². The third-order valence-electron chi connectivity index (χ3n) is 13.3. The lowest BCUT2D eigenvalue weighted by Gasteiger charge is -2.24. The predicted octanol–water partition coefficient (Wildman–Crippen LogP) is 17.3. The van der Waals surface area contributed by atoms with Crippen LogP contribution in [0.15, 0.2) is 12.2 Å². The highest BCUT2D eigenvalue weighted by molar-refractivity contribution is 5.77. The van der Waals surface area contributed by atoms with Crippen molar-refractivity contribution in [2.75, 3.05) is 6.61 Å². The summed E-state index contributed by atoms with van der Waals surface area (Å²) in [5.74, 6) is -0.461. The Balaban J connectivity index is 4.53. The average Bonchev–Trinajstić information content (AvgIpc) is 3.28. The molecule has 3 unspecified atom stereocenters. The van der Waals surface area contributed by atoms with Crippen molar-refractivity contribution in [3.63, 3.8) is 0 Å². The number of aliphatic hydroxyl groups is 2. The highest BCUT2D eigenvalue weighted by Crippen LogP contribution is 2.19. The van der Waals surface area contributed by atoms with Crippen molar-refractivity contribution < 1.29 is 24.5 Å². The van der Waals surface area contributed by atoms with Crippen LogP contribution in [0.3, 0.4) is 0 Å². The average molecular weight is 891 g/mol.